The van der Waals surface area contributed by atoms with Crippen LogP contribution >= 0.6 is 0 Å². The quantitative estimate of drug-likeness (QED) is 0.764. The first-order chi connectivity index (χ1) is 13.7. The minimum absolute atomic E-state index is 0.0667. The summed E-state index contributed by atoms with van der Waals surface area (Å²) < 4.78 is 10.6. The second-order valence-electron chi connectivity index (χ2n) is 6.87. The predicted molar refractivity (Wildman–Crippen MR) is 112 cm³/mol. The number of hydrogen-bond acceptors (Lipinski definition) is 4. The zero-order valence-electron chi connectivity index (χ0n) is 16.6. The third kappa shape index (κ3) is 5.36. The third-order valence-corrected chi connectivity index (χ3v) is 4.99. The number of nitrogens with one attached hydrogen (secondary N) is 1. The van der Waals surface area contributed by atoms with Gasteiger partial charge in [0, 0.05) is 19.6 Å². The first kappa shape index (κ1) is 20.0. The highest BCUT2D eigenvalue weighted by Gasteiger charge is 2.15. The molecule has 28 heavy (non-hydrogen) atoms. The molecule has 5 heteroatoms. The van der Waals surface area contributed by atoms with Gasteiger partial charge in [0.2, 0.25) is 5.91 Å². The number of nitrogens with zero attached hydrogens (tertiary/aromatic N) is 1. The molecule has 148 valence electrons. The van der Waals surface area contributed by atoms with Crippen LogP contribution in [0.3, 0.4) is 0 Å². The van der Waals surface area contributed by atoms with Crippen LogP contribution in [0.5, 0.6) is 11.5 Å². The molecule has 1 heterocycles. The summed E-state index contributed by atoms with van der Waals surface area (Å²) in [5.74, 6) is 1.49. The van der Waals surface area contributed by atoms with Crippen LogP contribution in [0.2, 0.25) is 0 Å². The summed E-state index contributed by atoms with van der Waals surface area (Å²) in [5, 5.41) is 3.01. The van der Waals surface area contributed by atoms with E-state index >= 15 is 0 Å². The zero-order chi connectivity index (χ0) is 19.8. The predicted octanol–water partition coefficient (Wildman–Crippen LogP) is 3.15. The number of benzene rings is 2. The van der Waals surface area contributed by atoms with E-state index in [9.17, 15) is 4.79 Å². The minimum Gasteiger partial charge on any atom is -0.493 e. The standard InChI is InChI=1S/C23H28N2O3/c1-27-21-9-8-18(16-22(21)28-2)10-13-24-23(26)17-25-14-11-20(12-15-25)19-6-4-3-5-7-19/h3-9,11,16H,10,12-15,17H2,1-2H3,(H,24,26). The first-order valence-corrected chi connectivity index (χ1v) is 9.64. The maximum atomic E-state index is 12.3. The number of carbonyl (C=O) groups is 1. The summed E-state index contributed by atoms with van der Waals surface area (Å²) >= 11 is 0. The van der Waals surface area contributed by atoms with E-state index in [0.717, 1.165) is 31.5 Å². The number of methoxy groups -OCH3 is 2. The van der Waals surface area contributed by atoms with E-state index in [-0.39, 0.29) is 5.91 Å². The van der Waals surface area contributed by atoms with Crippen molar-refractivity contribution in [2.45, 2.75) is 12.8 Å². The zero-order valence-corrected chi connectivity index (χ0v) is 16.6. The van der Waals surface area contributed by atoms with Gasteiger partial charge in [0.25, 0.3) is 0 Å². The van der Waals surface area contributed by atoms with Gasteiger partial charge in [0.05, 0.1) is 20.8 Å². The fourth-order valence-electron chi connectivity index (χ4n) is 3.41. The molecular weight excluding hydrogens is 352 g/mol. The van der Waals surface area contributed by atoms with E-state index in [2.05, 4.69) is 40.6 Å². The Morgan fingerprint density at radius 3 is 2.54 bits per heavy atom. The molecule has 5 nitrogen and oxygen atoms in total. The molecule has 2 aromatic rings. The molecule has 0 aromatic heterocycles. The molecule has 0 fully saturated rings. The van der Waals surface area contributed by atoms with Crippen LogP contribution in [0.1, 0.15) is 17.5 Å². The van der Waals surface area contributed by atoms with Gasteiger partial charge in [0.1, 0.15) is 0 Å². The second kappa shape index (κ2) is 9.95. The average molecular weight is 380 g/mol. The van der Waals surface area contributed by atoms with Crippen LogP contribution in [0.4, 0.5) is 0 Å². The third-order valence-electron chi connectivity index (χ3n) is 4.99. The molecule has 0 aliphatic carbocycles. The van der Waals surface area contributed by atoms with E-state index in [1.807, 2.05) is 24.3 Å². The van der Waals surface area contributed by atoms with Crippen molar-refractivity contribution in [1.82, 2.24) is 10.2 Å². The van der Waals surface area contributed by atoms with E-state index in [1.54, 1.807) is 14.2 Å². The molecule has 1 aliphatic heterocycles. The molecule has 0 radical (unpaired) electrons. The van der Waals surface area contributed by atoms with Crippen LogP contribution < -0.4 is 14.8 Å². The van der Waals surface area contributed by atoms with Crippen molar-refractivity contribution in [3.05, 3.63) is 65.7 Å². The van der Waals surface area contributed by atoms with Crippen molar-refractivity contribution in [3.8, 4) is 11.5 Å². The summed E-state index contributed by atoms with van der Waals surface area (Å²) in [6, 6.07) is 16.3. The van der Waals surface area contributed by atoms with E-state index in [1.165, 1.54) is 11.1 Å². The van der Waals surface area contributed by atoms with Crippen LogP contribution in [0, 0.1) is 0 Å². The van der Waals surface area contributed by atoms with Crippen molar-refractivity contribution >= 4 is 11.5 Å². The lowest BCUT2D eigenvalue weighted by atomic mass is 10.00. The minimum atomic E-state index is 0.0667. The lowest BCUT2D eigenvalue weighted by molar-refractivity contribution is -0.122. The van der Waals surface area contributed by atoms with Crippen LogP contribution in [-0.4, -0.2) is 51.2 Å². The van der Waals surface area contributed by atoms with Crippen LogP contribution in [0.15, 0.2) is 54.6 Å². The van der Waals surface area contributed by atoms with Gasteiger partial charge in [-0.1, -0.05) is 42.5 Å². The van der Waals surface area contributed by atoms with Crippen LogP contribution in [0.25, 0.3) is 5.57 Å². The Labute approximate surface area is 167 Å². The monoisotopic (exact) mass is 380 g/mol. The van der Waals surface area contributed by atoms with Gasteiger partial charge in [-0.25, -0.2) is 0 Å². The number of amides is 1. The highest BCUT2D eigenvalue weighted by atomic mass is 16.5. The summed E-state index contributed by atoms with van der Waals surface area (Å²) in [7, 11) is 3.25. The Balaban J connectivity index is 1.42. The molecule has 0 spiro atoms. The molecule has 1 aliphatic rings. The Morgan fingerprint density at radius 2 is 1.86 bits per heavy atom. The largest absolute Gasteiger partial charge is 0.493 e. The first-order valence-electron chi connectivity index (χ1n) is 9.64. The van der Waals surface area contributed by atoms with Gasteiger partial charge in [-0.15, -0.1) is 0 Å². The summed E-state index contributed by atoms with van der Waals surface area (Å²) in [4.78, 5) is 14.4. The molecule has 1 amide bonds. The molecule has 0 unspecified atom stereocenters. The molecule has 0 bridgehead atoms. The van der Waals surface area contributed by atoms with Crippen LogP contribution in [-0.2, 0) is 11.2 Å². The number of hydrogen-bond donors (Lipinski definition) is 1. The van der Waals surface area contributed by atoms with Crippen molar-refractivity contribution in [2.24, 2.45) is 0 Å². The van der Waals surface area contributed by atoms with Gasteiger partial charge < -0.3 is 14.8 Å². The average Bonchev–Trinajstić information content (AvgIpc) is 2.74. The molecule has 0 atom stereocenters. The molecule has 0 saturated carbocycles. The lowest BCUT2D eigenvalue weighted by Crippen LogP contribution is -2.39. The molecule has 0 saturated heterocycles. The highest BCUT2D eigenvalue weighted by molar-refractivity contribution is 5.78. The van der Waals surface area contributed by atoms with Gasteiger partial charge in [0.15, 0.2) is 11.5 Å². The smallest absolute Gasteiger partial charge is 0.234 e. The summed E-state index contributed by atoms with van der Waals surface area (Å²) in [5.41, 5.74) is 3.75. The van der Waals surface area contributed by atoms with Crippen molar-refractivity contribution in [3.63, 3.8) is 0 Å². The molecular formula is C23H28N2O3. The normalized spacial score (nSPS) is 14.3. The maximum Gasteiger partial charge on any atom is 0.234 e. The Bertz CT molecular complexity index is 818. The fourth-order valence-corrected chi connectivity index (χ4v) is 3.41. The van der Waals surface area contributed by atoms with Crippen molar-refractivity contribution in [2.75, 3.05) is 40.4 Å². The van der Waals surface area contributed by atoms with E-state index in [4.69, 9.17) is 9.47 Å². The number of rotatable bonds is 8. The van der Waals surface area contributed by atoms with Crippen molar-refractivity contribution < 1.29 is 14.3 Å². The highest BCUT2D eigenvalue weighted by Crippen LogP contribution is 2.27. The summed E-state index contributed by atoms with van der Waals surface area (Å²) in [6.07, 6.45) is 3.96. The number of ether oxygens (including phenoxy) is 2. The van der Waals surface area contributed by atoms with Gasteiger partial charge in [-0.3, -0.25) is 9.69 Å². The van der Waals surface area contributed by atoms with E-state index in [0.29, 0.717) is 24.6 Å². The Kier molecular flexibility index (Phi) is 7.09. The van der Waals surface area contributed by atoms with E-state index < -0.39 is 0 Å². The van der Waals surface area contributed by atoms with Gasteiger partial charge in [-0.05, 0) is 41.7 Å². The SMILES string of the molecule is COc1ccc(CCNC(=O)CN2CC=C(c3ccccc3)CC2)cc1OC. The summed E-state index contributed by atoms with van der Waals surface area (Å²) in [6.45, 7) is 2.76. The Hall–Kier alpha value is -2.79. The number of carbonyl (C=O) groups excluding carboxylic acids is 1. The fraction of sp³-hybridized carbons (Fsp3) is 0.348. The molecule has 2 aromatic carbocycles. The van der Waals surface area contributed by atoms with Gasteiger partial charge >= 0.3 is 0 Å². The second-order valence-corrected chi connectivity index (χ2v) is 6.87. The van der Waals surface area contributed by atoms with Crippen molar-refractivity contribution in [1.29, 1.82) is 0 Å². The topological polar surface area (TPSA) is 50.8 Å². The lowest BCUT2D eigenvalue weighted by Gasteiger charge is -2.25. The Morgan fingerprint density at radius 1 is 1.07 bits per heavy atom. The molecule has 1 N–H and O–H groups in total. The molecule has 3 rings (SSSR count). The van der Waals surface area contributed by atoms with Gasteiger partial charge in [-0.2, -0.15) is 0 Å². The maximum absolute atomic E-state index is 12.3.